The lowest BCUT2D eigenvalue weighted by molar-refractivity contribution is -0.138. The van der Waals surface area contributed by atoms with Crippen molar-refractivity contribution in [1.29, 1.82) is 0 Å². The Hall–Kier alpha value is -0.0800. The first kappa shape index (κ1) is 22.9. The molecule has 9 heteroatoms. The fourth-order valence-corrected chi connectivity index (χ4v) is 3.24. The molecule has 1 saturated heterocycles. The van der Waals surface area contributed by atoms with E-state index in [1.165, 1.54) is 6.07 Å². The fourth-order valence-electron chi connectivity index (χ4n) is 2.63. The number of halogens is 7. The smallest absolute Gasteiger partial charge is 0.314 e. The fraction of sp³-hybridized carbons (Fsp3) is 0.571. The number of nitrogens with zero attached hydrogens (tertiary/aromatic N) is 1. The summed E-state index contributed by atoms with van der Waals surface area (Å²) in [6.07, 6.45) is -5.28. The van der Waals surface area contributed by atoms with Gasteiger partial charge in [0, 0.05) is 48.7 Å². The van der Waals surface area contributed by atoms with E-state index in [9.17, 15) is 17.6 Å². The molecule has 1 aromatic carbocycles. The Kier molecular flexibility index (Phi) is 10.00. The van der Waals surface area contributed by atoms with Crippen molar-refractivity contribution in [2.75, 3.05) is 26.2 Å². The van der Waals surface area contributed by atoms with Crippen molar-refractivity contribution in [3.8, 4) is 0 Å². The predicted octanol–water partition coefficient (Wildman–Crippen LogP) is 4.72. The molecule has 0 spiro atoms. The van der Waals surface area contributed by atoms with Gasteiger partial charge < -0.3 is 5.32 Å². The van der Waals surface area contributed by atoms with Crippen LogP contribution < -0.4 is 5.32 Å². The zero-order chi connectivity index (χ0) is 15.5. The molecule has 0 amide bonds. The van der Waals surface area contributed by atoms with Crippen LogP contribution in [0.3, 0.4) is 0 Å². The van der Waals surface area contributed by atoms with Gasteiger partial charge >= 0.3 is 6.18 Å². The van der Waals surface area contributed by atoms with Gasteiger partial charge in [-0.25, -0.2) is 4.39 Å². The lowest BCUT2D eigenvalue weighted by Crippen LogP contribution is -2.45. The van der Waals surface area contributed by atoms with Gasteiger partial charge in [0.15, 0.2) is 0 Å². The van der Waals surface area contributed by atoms with E-state index in [0.29, 0.717) is 36.2 Å². The van der Waals surface area contributed by atoms with E-state index >= 15 is 0 Å². The van der Waals surface area contributed by atoms with Gasteiger partial charge in [-0.2, -0.15) is 13.2 Å². The standard InChI is InChI=1S/C14H17BrF4N2.2ClH/c15-10-2-1-3-11(16)13(10)12(4-5-14(17,18)19)21-8-6-20-7-9-21;;/h1-3,12,20H,4-9H2;2*1H/t12-;;/m0../s1. The molecule has 0 bridgehead atoms. The molecular formula is C14H19BrCl2F4N2. The first-order chi connectivity index (χ1) is 9.88. The Balaban J connectivity index is 0.00000242. The van der Waals surface area contributed by atoms with E-state index in [1.54, 1.807) is 12.1 Å². The molecule has 1 aromatic rings. The van der Waals surface area contributed by atoms with Crippen molar-refractivity contribution < 1.29 is 17.6 Å². The molecule has 2 rings (SSSR count). The second kappa shape index (κ2) is 10.0. The van der Waals surface area contributed by atoms with Gasteiger partial charge in [-0.1, -0.05) is 22.0 Å². The van der Waals surface area contributed by atoms with Gasteiger partial charge in [0.2, 0.25) is 0 Å². The molecule has 1 N–H and O–H groups in total. The number of nitrogens with one attached hydrogen (secondary N) is 1. The van der Waals surface area contributed by atoms with Crippen LogP contribution in [0.5, 0.6) is 0 Å². The maximum atomic E-state index is 14.1. The minimum Gasteiger partial charge on any atom is -0.314 e. The van der Waals surface area contributed by atoms with E-state index in [0.717, 1.165) is 0 Å². The molecule has 0 aromatic heterocycles. The molecule has 1 atom stereocenters. The minimum atomic E-state index is -4.23. The van der Waals surface area contributed by atoms with Gasteiger partial charge in [0.25, 0.3) is 0 Å². The van der Waals surface area contributed by atoms with Crippen molar-refractivity contribution in [2.45, 2.75) is 25.1 Å². The number of benzene rings is 1. The number of hydrogen-bond acceptors (Lipinski definition) is 2. The second-order valence-corrected chi connectivity index (χ2v) is 5.95. The summed E-state index contributed by atoms with van der Waals surface area (Å²) in [5, 5.41) is 3.15. The van der Waals surface area contributed by atoms with Crippen molar-refractivity contribution >= 4 is 40.7 Å². The zero-order valence-corrected chi connectivity index (χ0v) is 15.4. The van der Waals surface area contributed by atoms with Crippen LogP contribution >= 0.6 is 40.7 Å². The van der Waals surface area contributed by atoms with Crippen LogP contribution in [-0.2, 0) is 0 Å². The second-order valence-electron chi connectivity index (χ2n) is 5.09. The molecule has 0 radical (unpaired) electrons. The molecule has 0 aliphatic carbocycles. The highest BCUT2D eigenvalue weighted by Gasteiger charge is 2.33. The normalized spacial score (nSPS) is 17.1. The van der Waals surface area contributed by atoms with Crippen LogP contribution in [0, 0.1) is 5.82 Å². The molecule has 0 saturated carbocycles. The highest BCUT2D eigenvalue weighted by Crippen LogP contribution is 2.36. The zero-order valence-electron chi connectivity index (χ0n) is 12.2. The third kappa shape index (κ3) is 6.74. The lowest BCUT2D eigenvalue weighted by atomic mass is 9.98. The van der Waals surface area contributed by atoms with Gasteiger partial charge in [-0.05, 0) is 18.6 Å². The summed E-state index contributed by atoms with van der Waals surface area (Å²) in [7, 11) is 0. The van der Waals surface area contributed by atoms with E-state index in [-0.39, 0.29) is 31.2 Å². The van der Waals surface area contributed by atoms with Crippen LogP contribution in [0.25, 0.3) is 0 Å². The molecule has 1 aliphatic heterocycles. The third-order valence-corrected chi connectivity index (χ3v) is 4.32. The summed E-state index contributed by atoms with van der Waals surface area (Å²) in [5.41, 5.74) is 0.323. The highest BCUT2D eigenvalue weighted by atomic mass is 79.9. The quantitative estimate of drug-likeness (QED) is 0.680. The Morgan fingerprint density at radius 3 is 2.30 bits per heavy atom. The van der Waals surface area contributed by atoms with Gasteiger partial charge in [-0.3, -0.25) is 4.90 Å². The average molecular weight is 442 g/mol. The maximum absolute atomic E-state index is 14.1. The summed E-state index contributed by atoms with van der Waals surface area (Å²) < 4.78 is 52.3. The van der Waals surface area contributed by atoms with Gasteiger partial charge in [0.1, 0.15) is 5.82 Å². The summed E-state index contributed by atoms with van der Waals surface area (Å²) in [5.74, 6) is -0.463. The number of hydrogen-bond donors (Lipinski definition) is 1. The van der Waals surface area contributed by atoms with Crippen molar-refractivity contribution in [3.63, 3.8) is 0 Å². The van der Waals surface area contributed by atoms with Crippen LogP contribution in [-0.4, -0.2) is 37.3 Å². The third-order valence-electron chi connectivity index (χ3n) is 3.63. The number of rotatable bonds is 4. The Labute approximate surface area is 153 Å². The van der Waals surface area contributed by atoms with Crippen molar-refractivity contribution in [2.24, 2.45) is 0 Å². The van der Waals surface area contributed by atoms with Crippen LogP contribution in [0.1, 0.15) is 24.4 Å². The number of alkyl halides is 3. The summed E-state index contributed by atoms with van der Waals surface area (Å²) in [4.78, 5) is 1.92. The van der Waals surface area contributed by atoms with E-state index in [4.69, 9.17) is 0 Å². The van der Waals surface area contributed by atoms with Crippen LogP contribution in [0.15, 0.2) is 22.7 Å². The lowest BCUT2D eigenvalue weighted by Gasteiger charge is -2.36. The van der Waals surface area contributed by atoms with Crippen molar-refractivity contribution in [3.05, 3.63) is 34.1 Å². The molecule has 23 heavy (non-hydrogen) atoms. The van der Waals surface area contributed by atoms with Crippen molar-refractivity contribution in [1.82, 2.24) is 10.2 Å². The Morgan fingerprint density at radius 2 is 1.78 bits per heavy atom. The molecule has 134 valence electrons. The van der Waals surface area contributed by atoms with Crippen LogP contribution in [0.2, 0.25) is 0 Å². The molecule has 2 nitrogen and oxygen atoms in total. The Morgan fingerprint density at radius 1 is 1.17 bits per heavy atom. The molecule has 1 aliphatic rings. The monoisotopic (exact) mass is 440 g/mol. The average Bonchev–Trinajstić information content (AvgIpc) is 2.42. The first-order valence-corrected chi connectivity index (χ1v) is 7.63. The van der Waals surface area contributed by atoms with E-state index in [1.807, 2.05) is 4.90 Å². The predicted molar refractivity (Wildman–Crippen MR) is 91.1 cm³/mol. The summed E-state index contributed by atoms with van der Waals surface area (Å²) in [6, 6.07) is 3.94. The Bertz CT molecular complexity index is 462. The van der Waals surface area contributed by atoms with E-state index in [2.05, 4.69) is 21.2 Å². The number of piperazine rings is 1. The molecule has 1 heterocycles. The highest BCUT2D eigenvalue weighted by molar-refractivity contribution is 9.10. The van der Waals surface area contributed by atoms with Gasteiger partial charge in [0.05, 0.1) is 0 Å². The molecule has 0 unspecified atom stereocenters. The topological polar surface area (TPSA) is 15.3 Å². The molecular weight excluding hydrogens is 423 g/mol. The van der Waals surface area contributed by atoms with Gasteiger partial charge in [-0.15, -0.1) is 24.8 Å². The first-order valence-electron chi connectivity index (χ1n) is 6.84. The largest absolute Gasteiger partial charge is 0.389 e. The maximum Gasteiger partial charge on any atom is 0.389 e. The van der Waals surface area contributed by atoms with Crippen LogP contribution in [0.4, 0.5) is 17.6 Å². The SMILES string of the molecule is Cl.Cl.Fc1cccc(Br)c1[C@H](CCC(F)(F)F)N1CCNCC1. The summed E-state index contributed by atoms with van der Waals surface area (Å²) in [6.45, 7) is 2.63. The van der Waals surface area contributed by atoms with E-state index < -0.39 is 24.5 Å². The molecule has 1 fully saturated rings. The minimum absolute atomic E-state index is 0. The summed E-state index contributed by atoms with van der Waals surface area (Å²) >= 11 is 3.27.